The first kappa shape index (κ1) is 18.8. The molecular formula is C15H32N2OS. The largest absolute Gasteiger partial charge is 0.355 e. The number of thioether (sulfide) groups is 1. The number of nitrogens with one attached hydrogen (secondary N) is 1. The monoisotopic (exact) mass is 288 g/mol. The van der Waals surface area contributed by atoms with Gasteiger partial charge in [0.15, 0.2) is 0 Å². The van der Waals surface area contributed by atoms with Gasteiger partial charge in [-0.3, -0.25) is 4.79 Å². The highest BCUT2D eigenvalue weighted by Gasteiger charge is 2.25. The van der Waals surface area contributed by atoms with E-state index in [1.54, 1.807) is 0 Å². The van der Waals surface area contributed by atoms with E-state index in [2.05, 4.69) is 32.3 Å². The predicted molar refractivity (Wildman–Crippen MR) is 86.5 cm³/mol. The molecule has 0 heterocycles. The minimum absolute atomic E-state index is 0.191. The molecule has 1 amide bonds. The fourth-order valence-electron chi connectivity index (χ4n) is 2.33. The van der Waals surface area contributed by atoms with Crippen LogP contribution in [0.3, 0.4) is 0 Å². The number of hydrogen-bond donors (Lipinski definition) is 2. The Morgan fingerprint density at radius 1 is 1.26 bits per heavy atom. The fraction of sp³-hybridized carbons (Fsp3) is 0.933. The molecule has 0 aromatic carbocycles. The summed E-state index contributed by atoms with van der Waals surface area (Å²) in [6.07, 6.45) is 8.06. The summed E-state index contributed by atoms with van der Waals surface area (Å²) >= 11 is 1.87. The third-order valence-corrected chi connectivity index (χ3v) is 5.85. The molecule has 4 heteroatoms. The van der Waals surface area contributed by atoms with Gasteiger partial charge < -0.3 is 11.1 Å². The van der Waals surface area contributed by atoms with E-state index < -0.39 is 0 Å². The standard InChI is InChI=1S/C15H32N2OS/c1-5-13(10-11-16)8-9-14(18)17-12-15(6-2,7-3)19-4/h13H,5-12,16H2,1-4H3,(H,17,18). The van der Waals surface area contributed by atoms with Crippen molar-refractivity contribution in [2.45, 2.75) is 64.0 Å². The van der Waals surface area contributed by atoms with Crippen LogP contribution in [0.2, 0.25) is 0 Å². The summed E-state index contributed by atoms with van der Waals surface area (Å²) in [5.41, 5.74) is 5.58. The minimum Gasteiger partial charge on any atom is -0.355 e. The van der Waals surface area contributed by atoms with Crippen LogP contribution in [-0.2, 0) is 4.79 Å². The zero-order valence-corrected chi connectivity index (χ0v) is 13.9. The van der Waals surface area contributed by atoms with Gasteiger partial charge in [-0.25, -0.2) is 0 Å². The molecule has 1 atom stereocenters. The molecule has 0 aromatic heterocycles. The Balaban J connectivity index is 4.04. The second-order valence-electron chi connectivity index (χ2n) is 5.26. The maximum Gasteiger partial charge on any atom is 0.220 e. The van der Waals surface area contributed by atoms with Crippen molar-refractivity contribution < 1.29 is 4.79 Å². The van der Waals surface area contributed by atoms with E-state index in [9.17, 15) is 4.79 Å². The normalized spacial score (nSPS) is 13.3. The average Bonchev–Trinajstić information content (AvgIpc) is 2.45. The van der Waals surface area contributed by atoms with Crippen molar-refractivity contribution in [3.8, 4) is 0 Å². The summed E-state index contributed by atoms with van der Waals surface area (Å²) in [5, 5.41) is 3.11. The first-order valence-corrected chi connectivity index (χ1v) is 8.81. The Morgan fingerprint density at radius 2 is 1.89 bits per heavy atom. The van der Waals surface area contributed by atoms with Gasteiger partial charge in [-0.2, -0.15) is 11.8 Å². The van der Waals surface area contributed by atoms with Gasteiger partial charge in [0.1, 0.15) is 0 Å². The van der Waals surface area contributed by atoms with Crippen molar-refractivity contribution in [1.82, 2.24) is 5.32 Å². The van der Waals surface area contributed by atoms with Gasteiger partial charge in [0.25, 0.3) is 0 Å². The minimum atomic E-state index is 0.191. The summed E-state index contributed by atoms with van der Waals surface area (Å²) in [7, 11) is 0. The van der Waals surface area contributed by atoms with Crippen LogP contribution in [0.15, 0.2) is 0 Å². The highest BCUT2D eigenvalue weighted by Crippen LogP contribution is 2.29. The van der Waals surface area contributed by atoms with Crippen LogP contribution in [0.1, 0.15) is 59.3 Å². The van der Waals surface area contributed by atoms with Crippen LogP contribution >= 0.6 is 11.8 Å². The highest BCUT2D eigenvalue weighted by molar-refractivity contribution is 8.00. The molecule has 0 rings (SSSR count). The summed E-state index contributed by atoms with van der Waals surface area (Å²) in [4.78, 5) is 11.9. The third kappa shape index (κ3) is 7.21. The van der Waals surface area contributed by atoms with Crippen molar-refractivity contribution in [3.05, 3.63) is 0 Å². The first-order valence-electron chi connectivity index (χ1n) is 7.59. The second-order valence-corrected chi connectivity index (χ2v) is 6.54. The van der Waals surface area contributed by atoms with Gasteiger partial charge in [-0.05, 0) is 44.4 Å². The molecule has 0 aromatic rings. The molecule has 0 bridgehead atoms. The lowest BCUT2D eigenvalue weighted by Crippen LogP contribution is -2.39. The molecule has 3 nitrogen and oxygen atoms in total. The van der Waals surface area contributed by atoms with Crippen molar-refractivity contribution in [3.63, 3.8) is 0 Å². The molecule has 0 fully saturated rings. The van der Waals surface area contributed by atoms with E-state index >= 15 is 0 Å². The van der Waals surface area contributed by atoms with Crippen molar-refractivity contribution in [2.24, 2.45) is 11.7 Å². The van der Waals surface area contributed by atoms with Crippen LogP contribution in [0.5, 0.6) is 0 Å². The quantitative estimate of drug-likeness (QED) is 0.614. The van der Waals surface area contributed by atoms with Gasteiger partial charge in [-0.1, -0.05) is 27.2 Å². The zero-order valence-electron chi connectivity index (χ0n) is 13.1. The molecular weight excluding hydrogens is 256 g/mol. The first-order chi connectivity index (χ1) is 9.07. The lowest BCUT2D eigenvalue weighted by molar-refractivity contribution is -0.121. The number of rotatable bonds is 11. The highest BCUT2D eigenvalue weighted by atomic mass is 32.2. The predicted octanol–water partition coefficient (Wildman–Crippen LogP) is 3.18. The second kappa shape index (κ2) is 10.6. The SMILES string of the molecule is CCC(CCN)CCC(=O)NCC(CC)(CC)SC. The molecule has 114 valence electrons. The molecule has 0 saturated carbocycles. The summed E-state index contributed by atoms with van der Waals surface area (Å²) in [5.74, 6) is 0.786. The number of carbonyl (C=O) groups is 1. The number of hydrogen-bond acceptors (Lipinski definition) is 3. The Morgan fingerprint density at radius 3 is 2.32 bits per heavy atom. The molecule has 19 heavy (non-hydrogen) atoms. The van der Waals surface area contributed by atoms with E-state index in [-0.39, 0.29) is 10.7 Å². The molecule has 0 radical (unpaired) electrons. The lowest BCUT2D eigenvalue weighted by atomic mass is 9.96. The molecule has 0 aliphatic heterocycles. The number of amides is 1. The molecule has 0 aliphatic rings. The van der Waals surface area contributed by atoms with Crippen LogP contribution in [0, 0.1) is 5.92 Å². The van der Waals surface area contributed by atoms with Crippen molar-refractivity contribution in [1.29, 1.82) is 0 Å². The van der Waals surface area contributed by atoms with E-state index in [4.69, 9.17) is 5.73 Å². The Kier molecular flexibility index (Phi) is 10.4. The van der Waals surface area contributed by atoms with Gasteiger partial charge in [-0.15, -0.1) is 0 Å². The van der Waals surface area contributed by atoms with Gasteiger partial charge in [0.2, 0.25) is 5.91 Å². The van der Waals surface area contributed by atoms with Crippen molar-refractivity contribution in [2.75, 3.05) is 19.3 Å². The summed E-state index contributed by atoms with van der Waals surface area (Å²) < 4.78 is 0.205. The smallest absolute Gasteiger partial charge is 0.220 e. The van der Waals surface area contributed by atoms with E-state index in [1.807, 2.05) is 11.8 Å². The average molecular weight is 289 g/mol. The summed E-state index contributed by atoms with van der Waals surface area (Å²) in [6.45, 7) is 8.07. The maximum absolute atomic E-state index is 11.9. The Labute approximate surface area is 123 Å². The van der Waals surface area contributed by atoms with Gasteiger partial charge in [0, 0.05) is 17.7 Å². The fourth-order valence-corrected chi connectivity index (χ4v) is 3.13. The maximum atomic E-state index is 11.9. The molecule has 0 saturated heterocycles. The third-order valence-electron chi connectivity index (χ3n) is 4.26. The zero-order chi connectivity index (χ0) is 14.7. The van der Waals surface area contributed by atoms with Crippen molar-refractivity contribution >= 4 is 17.7 Å². The topological polar surface area (TPSA) is 55.1 Å². The Bertz CT molecular complexity index is 234. The molecule has 0 spiro atoms. The lowest BCUT2D eigenvalue weighted by Gasteiger charge is -2.29. The van der Waals surface area contributed by atoms with Crippen LogP contribution in [0.25, 0.3) is 0 Å². The van der Waals surface area contributed by atoms with Crippen LogP contribution in [-0.4, -0.2) is 30.0 Å². The van der Waals surface area contributed by atoms with Crippen LogP contribution < -0.4 is 11.1 Å². The Hall–Kier alpha value is -0.220. The van der Waals surface area contributed by atoms with E-state index in [0.717, 1.165) is 45.2 Å². The molecule has 0 aliphatic carbocycles. The molecule has 3 N–H and O–H groups in total. The number of nitrogens with two attached hydrogens (primary N) is 1. The molecule has 1 unspecified atom stereocenters. The van der Waals surface area contributed by atoms with Gasteiger partial charge in [0.05, 0.1) is 0 Å². The van der Waals surface area contributed by atoms with Crippen LogP contribution in [0.4, 0.5) is 0 Å². The summed E-state index contributed by atoms with van der Waals surface area (Å²) in [6, 6.07) is 0. The number of carbonyl (C=O) groups excluding carboxylic acids is 1. The van der Waals surface area contributed by atoms with E-state index in [1.165, 1.54) is 0 Å². The van der Waals surface area contributed by atoms with Gasteiger partial charge >= 0.3 is 0 Å². The van der Waals surface area contributed by atoms with E-state index in [0.29, 0.717) is 12.3 Å².